The molecule has 0 aliphatic heterocycles. The summed E-state index contributed by atoms with van der Waals surface area (Å²) in [7, 11) is 0. The highest BCUT2D eigenvalue weighted by molar-refractivity contribution is 5.87. The lowest BCUT2D eigenvalue weighted by molar-refractivity contribution is -0.276. The van der Waals surface area contributed by atoms with Crippen LogP contribution in [0.25, 0.3) is 0 Å². The first kappa shape index (κ1) is 16.1. The molecule has 0 aliphatic carbocycles. The third-order valence-electron chi connectivity index (χ3n) is 1.89. The Morgan fingerprint density at radius 1 is 1.40 bits per heavy atom. The van der Waals surface area contributed by atoms with Gasteiger partial charge in [0.1, 0.15) is 0 Å². The molecule has 0 radical (unpaired) electrons. The van der Waals surface area contributed by atoms with Crippen LogP contribution in [0.1, 0.15) is 29.4 Å². The Morgan fingerprint density at radius 3 is 2.45 bits per heavy atom. The van der Waals surface area contributed by atoms with Crippen molar-refractivity contribution in [1.29, 1.82) is 0 Å². The van der Waals surface area contributed by atoms with Crippen LogP contribution in [0.2, 0.25) is 0 Å². The molecule has 1 aromatic heterocycles. The van der Waals surface area contributed by atoms with E-state index >= 15 is 0 Å². The van der Waals surface area contributed by atoms with E-state index in [2.05, 4.69) is 14.5 Å². The first-order chi connectivity index (χ1) is 9.15. The van der Waals surface area contributed by atoms with E-state index in [1.807, 2.05) is 0 Å². The minimum atomic E-state index is -5.32. The number of halogens is 6. The van der Waals surface area contributed by atoms with Crippen molar-refractivity contribution in [2.24, 2.45) is 0 Å². The molecule has 1 heterocycles. The van der Waals surface area contributed by atoms with Gasteiger partial charge in [-0.05, 0) is 13.0 Å². The molecule has 0 aliphatic rings. The molecule has 0 bridgehead atoms. The molecule has 4 nitrogen and oxygen atoms in total. The largest absolute Gasteiger partial charge is 0.574 e. The number of nitrogens with zero attached hydrogens (tertiary/aromatic N) is 1. The molecule has 10 heteroatoms. The van der Waals surface area contributed by atoms with Gasteiger partial charge in [-0.3, -0.25) is 0 Å². The van der Waals surface area contributed by atoms with Gasteiger partial charge in [-0.15, -0.1) is 13.2 Å². The SMILES string of the molecule is CCOC(=O)c1nc(OC(F)(F)F)c(C(F)F)cc1F. The van der Waals surface area contributed by atoms with E-state index in [-0.39, 0.29) is 12.7 Å². The number of pyridine rings is 1. The summed E-state index contributed by atoms with van der Waals surface area (Å²) in [5.74, 6) is -4.52. The molecule has 0 spiro atoms. The maximum absolute atomic E-state index is 13.4. The lowest BCUT2D eigenvalue weighted by Crippen LogP contribution is -2.21. The standard InChI is InChI=1S/C10H7F6NO3/c1-2-19-9(18)6-5(11)3-4(7(12)13)8(17-6)20-10(14,15)16/h3,7H,2H2,1H3. The predicted molar refractivity (Wildman–Crippen MR) is 51.8 cm³/mol. The number of hydrogen-bond acceptors (Lipinski definition) is 4. The molecule has 112 valence electrons. The number of ether oxygens (including phenoxy) is 2. The Kier molecular flexibility index (Phi) is 4.79. The number of aromatic nitrogens is 1. The molecule has 1 aromatic rings. The molecule has 0 fully saturated rings. The van der Waals surface area contributed by atoms with Gasteiger partial charge < -0.3 is 9.47 Å². The second-order valence-corrected chi connectivity index (χ2v) is 3.28. The van der Waals surface area contributed by atoms with Crippen LogP contribution in [0, 0.1) is 5.82 Å². The zero-order valence-corrected chi connectivity index (χ0v) is 9.80. The summed E-state index contributed by atoms with van der Waals surface area (Å²) in [4.78, 5) is 14.0. The average molecular weight is 303 g/mol. The van der Waals surface area contributed by atoms with Crippen molar-refractivity contribution in [3.8, 4) is 5.88 Å². The Labute approximate surface area is 108 Å². The topological polar surface area (TPSA) is 48.4 Å². The summed E-state index contributed by atoms with van der Waals surface area (Å²) in [6.45, 7) is 1.16. The lowest BCUT2D eigenvalue weighted by Gasteiger charge is -2.13. The first-order valence-corrected chi connectivity index (χ1v) is 5.07. The van der Waals surface area contributed by atoms with Crippen LogP contribution in [0.3, 0.4) is 0 Å². The van der Waals surface area contributed by atoms with Gasteiger partial charge in [-0.2, -0.15) is 0 Å². The van der Waals surface area contributed by atoms with Crippen molar-refractivity contribution < 1.29 is 40.6 Å². The third-order valence-corrected chi connectivity index (χ3v) is 1.89. The van der Waals surface area contributed by atoms with Gasteiger partial charge in [0.15, 0.2) is 11.5 Å². The van der Waals surface area contributed by atoms with Gasteiger partial charge in [0.05, 0.1) is 12.2 Å². The quantitative estimate of drug-likeness (QED) is 0.633. The van der Waals surface area contributed by atoms with E-state index in [0.717, 1.165) is 0 Å². The average Bonchev–Trinajstić information content (AvgIpc) is 2.29. The number of rotatable bonds is 4. The fourth-order valence-electron chi connectivity index (χ4n) is 1.18. The van der Waals surface area contributed by atoms with Crippen LogP contribution in [-0.2, 0) is 4.74 Å². The third kappa shape index (κ3) is 4.00. The number of alkyl halides is 5. The van der Waals surface area contributed by atoms with E-state index in [0.29, 0.717) is 0 Å². The highest BCUT2D eigenvalue weighted by Gasteiger charge is 2.35. The van der Waals surface area contributed by atoms with Gasteiger partial charge in [-0.1, -0.05) is 0 Å². The van der Waals surface area contributed by atoms with E-state index in [9.17, 15) is 31.1 Å². The summed E-state index contributed by atoms with van der Waals surface area (Å²) in [6, 6.07) is 0.0466. The van der Waals surface area contributed by atoms with E-state index in [4.69, 9.17) is 0 Å². The number of carbonyl (C=O) groups excluding carboxylic acids is 1. The molecule has 0 aromatic carbocycles. The van der Waals surface area contributed by atoms with Crippen LogP contribution in [0.5, 0.6) is 5.88 Å². The van der Waals surface area contributed by atoms with Crippen molar-refractivity contribution in [3.05, 3.63) is 23.1 Å². The van der Waals surface area contributed by atoms with Crippen LogP contribution in [-0.4, -0.2) is 23.9 Å². The summed E-state index contributed by atoms with van der Waals surface area (Å²) in [6.07, 6.45) is -8.79. The second kappa shape index (κ2) is 5.97. The highest BCUT2D eigenvalue weighted by Crippen LogP contribution is 2.32. The second-order valence-electron chi connectivity index (χ2n) is 3.28. The van der Waals surface area contributed by atoms with Gasteiger partial charge in [0.2, 0.25) is 5.88 Å². The van der Waals surface area contributed by atoms with Crippen molar-refractivity contribution >= 4 is 5.97 Å². The summed E-state index contributed by atoms with van der Waals surface area (Å²) in [5, 5.41) is 0. The zero-order chi connectivity index (χ0) is 15.5. The molecular formula is C10H7F6NO3. The smallest absolute Gasteiger partial charge is 0.461 e. The van der Waals surface area contributed by atoms with Crippen molar-refractivity contribution in [2.75, 3.05) is 6.61 Å². The highest BCUT2D eigenvalue weighted by atomic mass is 19.4. The fourth-order valence-corrected chi connectivity index (χ4v) is 1.18. The number of carbonyl (C=O) groups is 1. The fraction of sp³-hybridized carbons (Fsp3) is 0.400. The van der Waals surface area contributed by atoms with E-state index in [1.54, 1.807) is 0 Å². The summed E-state index contributed by atoms with van der Waals surface area (Å²) >= 11 is 0. The Bertz CT molecular complexity index is 503. The van der Waals surface area contributed by atoms with E-state index < -0.39 is 41.7 Å². The van der Waals surface area contributed by atoms with Crippen molar-refractivity contribution in [1.82, 2.24) is 4.98 Å². The van der Waals surface area contributed by atoms with Gasteiger partial charge in [0, 0.05) is 0 Å². The van der Waals surface area contributed by atoms with Crippen LogP contribution in [0.4, 0.5) is 26.3 Å². The molecular weight excluding hydrogens is 296 g/mol. The van der Waals surface area contributed by atoms with E-state index in [1.165, 1.54) is 6.92 Å². The monoisotopic (exact) mass is 303 g/mol. The van der Waals surface area contributed by atoms with Gasteiger partial charge in [-0.25, -0.2) is 22.9 Å². The molecule has 0 atom stereocenters. The summed E-state index contributed by atoms with van der Waals surface area (Å²) < 4.78 is 82.1. The van der Waals surface area contributed by atoms with Gasteiger partial charge in [0.25, 0.3) is 6.43 Å². The van der Waals surface area contributed by atoms with Crippen molar-refractivity contribution in [3.63, 3.8) is 0 Å². The molecule has 20 heavy (non-hydrogen) atoms. The van der Waals surface area contributed by atoms with Crippen LogP contribution in [0.15, 0.2) is 6.07 Å². The minimum absolute atomic E-state index is 0.0466. The number of hydrogen-bond donors (Lipinski definition) is 0. The minimum Gasteiger partial charge on any atom is -0.461 e. The maximum Gasteiger partial charge on any atom is 0.574 e. The Morgan fingerprint density at radius 2 is 2.00 bits per heavy atom. The molecule has 0 N–H and O–H groups in total. The molecule has 0 saturated carbocycles. The van der Waals surface area contributed by atoms with Crippen LogP contribution < -0.4 is 4.74 Å². The summed E-state index contributed by atoms with van der Waals surface area (Å²) in [5.41, 5.74) is -2.59. The Hall–Kier alpha value is -2.00. The number of esters is 1. The molecule has 0 unspecified atom stereocenters. The Balaban J connectivity index is 3.30. The van der Waals surface area contributed by atoms with Gasteiger partial charge >= 0.3 is 12.3 Å². The molecule has 0 amide bonds. The molecule has 1 rings (SSSR count). The predicted octanol–water partition coefficient (Wildman–Crippen LogP) is 3.23. The van der Waals surface area contributed by atoms with Crippen molar-refractivity contribution in [2.45, 2.75) is 19.7 Å². The normalized spacial score (nSPS) is 11.6. The molecule has 0 saturated heterocycles. The first-order valence-electron chi connectivity index (χ1n) is 5.07. The lowest BCUT2D eigenvalue weighted by atomic mass is 10.2. The zero-order valence-electron chi connectivity index (χ0n) is 9.80. The maximum atomic E-state index is 13.4. The van der Waals surface area contributed by atoms with Crippen LogP contribution >= 0.6 is 0 Å².